The second-order valence-corrected chi connectivity index (χ2v) is 8.21. The first-order valence-electron chi connectivity index (χ1n) is 9.45. The van der Waals surface area contributed by atoms with E-state index in [1.54, 1.807) is 0 Å². The lowest BCUT2D eigenvalue weighted by atomic mass is 10.0. The van der Waals surface area contributed by atoms with Gasteiger partial charge in [0, 0.05) is 19.9 Å². The Labute approximate surface area is 169 Å². The summed E-state index contributed by atoms with van der Waals surface area (Å²) in [5.41, 5.74) is 0.440. The Hall–Kier alpha value is -2.68. The standard InChI is InChI=1S/C20H20F2N4O2S/c1-20(21,22)18-24-16(28)15-17(25-18)29-19(23-15)26-11-5-8-13(26)14(27)10-9-12-6-3-2-4-7-12/h2-4,6-7,13H,5,8-11H2,1H3,(H,24,25,28)/t13-/m1/s1. The van der Waals surface area contributed by atoms with Gasteiger partial charge in [-0.1, -0.05) is 41.7 Å². The maximum atomic E-state index is 13.6. The molecule has 9 heteroatoms. The van der Waals surface area contributed by atoms with Crippen LogP contribution >= 0.6 is 11.3 Å². The quantitative estimate of drug-likeness (QED) is 0.661. The van der Waals surface area contributed by atoms with Gasteiger partial charge in [-0.3, -0.25) is 9.59 Å². The largest absolute Gasteiger partial charge is 0.338 e. The molecule has 1 saturated heterocycles. The highest BCUT2D eigenvalue weighted by atomic mass is 32.1. The van der Waals surface area contributed by atoms with Crippen molar-refractivity contribution in [3.05, 3.63) is 52.1 Å². The van der Waals surface area contributed by atoms with Crippen molar-refractivity contribution in [1.82, 2.24) is 15.0 Å². The number of hydrogen-bond acceptors (Lipinski definition) is 6. The van der Waals surface area contributed by atoms with Gasteiger partial charge in [0.2, 0.25) is 0 Å². The number of ketones is 1. The van der Waals surface area contributed by atoms with Crippen molar-refractivity contribution in [2.24, 2.45) is 0 Å². The van der Waals surface area contributed by atoms with E-state index in [1.807, 2.05) is 35.2 Å². The van der Waals surface area contributed by atoms with Crippen LogP contribution in [-0.2, 0) is 17.1 Å². The Morgan fingerprint density at radius 3 is 2.79 bits per heavy atom. The fourth-order valence-corrected chi connectivity index (χ4v) is 4.58. The summed E-state index contributed by atoms with van der Waals surface area (Å²) in [5.74, 6) is -3.81. The first-order chi connectivity index (χ1) is 13.8. The van der Waals surface area contributed by atoms with Crippen molar-refractivity contribution in [1.29, 1.82) is 0 Å². The third-order valence-electron chi connectivity index (χ3n) is 5.05. The molecule has 0 bridgehead atoms. The number of hydrogen-bond donors (Lipinski definition) is 1. The Kier molecular flexibility index (Phi) is 5.16. The average Bonchev–Trinajstić information content (AvgIpc) is 3.33. The number of aromatic amines is 1. The number of rotatable bonds is 6. The smallest absolute Gasteiger partial charge is 0.302 e. The van der Waals surface area contributed by atoms with Crippen molar-refractivity contribution in [2.45, 2.75) is 44.6 Å². The number of fused-ring (bicyclic) bond motifs is 1. The van der Waals surface area contributed by atoms with Gasteiger partial charge in [-0.15, -0.1) is 0 Å². The molecule has 3 aromatic rings. The number of carbonyl (C=O) groups is 1. The van der Waals surface area contributed by atoms with Gasteiger partial charge in [0.05, 0.1) is 6.04 Å². The van der Waals surface area contributed by atoms with Crippen LogP contribution in [0.2, 0.25) is 0 Å². The van der Waals surface area contributed by atoms with E-state index in [4.69, 9.17) is 0 Å². The molecule has 1 aromatic carbocycles. The normalized spacial score (nSPS) is 17.2. The number of carbonyl (C=O) groups excluding carboxylic acids is 1. The van der Waals surface area contributed by atoms with Gasteiger partial charge < -0.3 is 9.88 Å². The zero-order valence-electron chi connectivity index (χ0n) is 15.8. The molecule has 29 heavy (non-hydrogen) atoms. The Balaban J connectivity index is 1.56. The molecule has 0 amide bonds. The maximum absolute atomic E-state index is 13.6. The van der Waals surface area contributed by atoms with E-state index in [1.165, 1.54) is 0 Å². The molecule has 1 fully saturated rings. The van der Waals surface area contributed by atoms with Gasteiger partial charge in [0.25, 0.3) is 5.56 Å². The zero-order chi connectivity index (χ0) is 20.6. The van der Waals surface area contributed by atoms with Gasteiger partial charge in [-0.25, -0.2) is 9.97 Å². The third-order valence-corrected chi connectivity index (χ3v) is 6.03. The second kappa shape index (κ2) is 7.62. The molecule has 0 saturated carbocycles. The molecule has 1 N–H and O–H groups in total. The lowest BCUT2D eigenvalue weighted by Crippen LogP contribution is -2.36. The minimum atomic E-state index is -3.25. The van der Waals surface area contributed by atoms with Gasteiger partial charge >= 0.3 is 5.92 Å². The minimum absolute atomic E-state index is 0.0281. The van der Waals surface area contributed by atoms with Crippen molar-refractivity contribution in [2.75, 3.05) is 11.4 Å². The van der Waals surface area contributed by atoms with Crippen LogP contribution in [0, 0.1) is 0 Å². The zero-order valence-corrected chi connectivity index (χ0v) is 16.6. The number of thiazole rings is 1. The Morgan fingerprint density at radius 1 is 1.31 bits per heavy atom. The predicted octanol–water partition coefficient (Wildman–Crippen LogP) is 3.66. The molecule has 0 spiro atoms. The topological polar surface area (TPSA) is 79.0 Å². The summed E-state index contributed by atoms with van der Waals surface area (Å²) in [6.45, 7) is 1.32. The number of nitrogens with zero attached hydrogens (tertiary/aromatic N) is 3. The van der Waals surface area contributed by atoms with Gasteiger partial charge in [0.1, 0.15) is 0 Å². The van der Waals surface area contributed by atoms with Crippen LogP contribution < -0.4 is 10.5 Å². The van der Waals surface area contributed by atoms with E-state index in [2.05, 4.69) is 15.0 Å². The van der Waals surface area contributed by atoms with Crippen molar-refractivity contribution in [3.8, 4) is 0 Å². The van der Waals surface area contributed by atoms with E-state index in [-0.39, 0.29) is 22.2 Å². The number of anilines is 1. The number of benzene rings is 1. The second-order valence-electron chi connectivity index (χ2n) is 7.26. The number of halogens is 2. The van der Waals surface area contributed by atoms with Crippen molar-refractivity contribution >= 4 is 32.6 Å². The SMILES string of the molecule is CC(F)(F)c1nc2sc(N3CCC[C@@H]3C(=O)CCc3ccccc3)nc2c(=O)[nH]1. The lowest BCUT2D eigenvalue weighted by molar-refractivity contribution is -0.120. The summed E-state index contributed by atoms with van der Waals surface area (Å²) in [4.78, 5) is 37.3. The van der Waals surface area contributed by atoms with Gasteiger partial charge in [-0.2, -0.15) is 8.78 Å². The van der Waals surface area contributed by atoms with Crippen molar-refractivity contribution in [3.63, 3.8) is 0 Å². The highest BCUT2D eigenvalue weighted by molar-refractivity contribution is 7.21. The summed E-state index contributed by atoms with van der Waals surface area (Å²) in [6, 6.07) is 9.50. The monoisotopic (exact) mass is 418 g/mol. The van der Waals surface area contributed by atoms with Crippen LogP contribution in [0.3, 0.4) is 0 Å². The van der Waals surface area contributed by atoms with Crippen LogP contribution in [0.4, 0.5) is 13.9 Å². The molecule has 1 aliphatic rings. The van der Waals surface area contributed by atoms with Crippen LogP contribution in [0.1, 0.15) is 37.6 Å². The van der Waals surface area contributed by atoms with E-state index in [0.29, 0.717) is 37.9 Å². The van der Waals surface area contributed by atoms with Crippen LogP contribution in [0.25, 0.3) is 10.3 Å². The van der Waals surface area contributed by atoms with Gasteiger partial charge in [0.15, 0.2) is 27.1 Å². The fraction of sp³-hybridized carbons (Fsp3) is 0.400. The summed E-state index contributed by atoms with van der Waals surface area (Å²) in [7, 11) is 0. The predicted molar refractivity (Wildman–Crippen MR) is 108 cm³/mol. The number of aryl methyl sites for hydroxylation is 1. The van der Waals surface area contributed by atoms with Gasteiger partial charge in [-0.05, 0) is 24.8 Å². The highest BCUT2D eigenvalue weighted by Gasteiger charge is 2.33. The molecular formula is C20H20F2N4O2S. The van der Waals surface area contributed by atoms with E-state index >= 15 is 0 Å². The number of alkyl halides is 2. The first-order valence-corrected chi connectivity index (χ1v) is 10.3. The summed E-state index contributed by atoms with van der Waals surface area (Å²) >= 11 is 1.07. The molecule has 2 aromatic heterocycles. The fourth-order valence-electron chi connectivity index (χ4n) is 3.56. The maximum Gasteiger partial charge on any atom is 0.302 e. The van der Waals surface area contributed by atoms with Crippen LogP contribution in [0.5, 0.6) is 0 Å². The van der Waals surface area contributed by atoms with Crippen LogP contribution in [0.15, 0.2) is 35.1 Å². The molecule has 0 unspecified atom stereocenters. The summed E-state index contributed by atoms with van der Waals surface area (Å²) < 4.78 is 27.1. The van der Waals surface area contributed by atoms with E-state index in [9.17, 15) is 18.4 Å². The van der Waals surface area contributed by atoms with Crippen LogP contribution in [-0.4, -0.2) is 33.3 Å². The number of H-pyrrole nitrogens is 1. The molecule has 6 nitrogen and oxygen atoms in total. The first kappa shape index (κ1) is 19.6. The third kappa shape index (κ3) is 4.05. The number of Topliss-reactive ketones (excluding diaryl/α,β-unsaturated/α-hetero) is 1. The number of aromatic nitrogens is 3. The lowest BCUT2D eigenvalue weighted by Gasteiger charge is -2.22. The van der Waals surface area contributed by atoms with E-state index < -0.39 is 17.3 Å². The highest BCUT2D eigenvalue weighted by Crippen LogP contribution is 2.33. The number of nitrogens with one attached hydrogen (secondary N) is 1. The molecule has 152 valence electrons. The molecule has 3 heterocycles. The Morgan fingerprint density at radius 2 is 2.07 bits per heavy atom. The summed E-state index contributed by atoms with van der Waals surface area (Å²) in [5, 5.41) is 0.477. The van der Waals surface area contributed by atoms with Crippen molar-refractivity contribution < 1.29 is 13.6 Å². The average molecular weight is 418 g/mol. The molecule has 4 rings (SSSR count). The summed E-state index contributed by atoms with van der Waals surface area (Å²) in [6.07, 6.45) is 2.63. The molecule has 0 radical (unpaired) electrons. The molecule has 1 atom stereocenters. The molecule has 1 aliphatic heterocycles. The molecule has 0 aliphatic carbocycles. The molecular weight excluding hydrogens is 398 g/mol. The van der Waals surface area contributed by atoms with E-state index in [0.717, 1.165) is 23.3 Å². The Bertz CT molecular complexity index is 1090. The minimum Gasteiger partial charge on any atom is -0.338 e.